The Morgan fingerprint density at radius 1 is 1.35 bits per heavy atom. The van der Waals surface area contributed by atoms with Gasteiger partial charge in [-0.3, -0.25) is 0 Å². The van der Waals surface area contributed by atoms with Gasteiger partial charge >= 0.3 is 5.69 Å². The van der Waals surface area contributed by atoms with Crippen LogP contribution in [0.4, 0.5) is 5.82 Å². The third kappa shape index (κ3) is 1.24. The second-order valence-corrected chi connectivity index (χ2v) is 4.79. The van der Waals surface area contributed by atoms with E-state index in [9.17, 15) is 4.79 Å². The number of para-hydroxylation sites is 1. The fraction of sp³-hybridized carbons (Fsp3) is 0.231. The number of nitrogens with zero attached hydrogens (tertiary/aromatic N) is 2. The minimum atomic E-state index is -0.321. The van der Waals surface area contributed by atoms with Gasteiger partial charge in [0.25, 0.3) is 0 Å². The molecule has 1 aromatic carbocycles. The zero-order valence-corrected chi connectivity index (χ0v) is 9.82. The molecule has 0 amide bonds. The lowest BCUT2D eigenvalue weighted by Crippen LogP contribution is -2.28. The standard InChI is InChI=1S/C13H13N3O/c1-8-13(2,3)15-11-9-6-4-5-7-10(9)14-12(17)16(8)11/h4-7,15H,1H2,2-3H3. The van der Waals surface area contributed by atoms with Crippen molar-refractivity contribution in [2.24, 2.45) is 0 Å². The molecule has 3 rings (SSSR count). The van der Waals surface area contributed by atoms with E-state index in [4.69, 9.17) is 0 Å². The largest absolute Gasteiger partial charge is 0.360 e. The first-order valence-electron chi connectivity index (χ1n) is 5.50. The van der Waals surface area contributed by atoms with Gasteiger partial charge in [0.15, 0.2) is 0 Å². The lowest BCUT2D eigenvalue weighted by Gasteiger charge is -2.18. The molecular formula is C13H13N3O. The van der Waals surface area contributed by atoms with Gasteiger partial charge < -0.3 is 5.32 Å². The average molecular weight is 227 g/mol. The molecule has 0 radical (unpaired) electrons. The second kappa shape index (κ2) is 2.97. The van der Waals surface area contributed by atoms with Crippen LogP contribution >= 0.6 is 0 Å². The minimum absolute atomic E-state index is 0.276. The zero-order chi connectivity index (χ0) is 12.2. The van der Waals surface area contributed by atoms with Crippen molar-refractivity contribution >= 4 is 22.4 Å². The van der Waals surface area contributed by atoms with E-state index < -0.39 is 0 Å². The van der Waals surface area contributed by atoms with Gasteiger partial charge in [0, 0.05) is 11.1 Å². The monoisotopic (exact) mass is 227 g/mol. The van der Waals surface area contributed by atoms with Gasteiger partial charge in [0.05, 0.1) is 11.1 Å². The Morgan fingerprint density at radius 3 is 2.82 bits per heavy atom. The molecule has 0 fully saturated rings. The Balaban J connectivity index is 2.47. The number of anilines is 1. The summed E-state index contributed by atoms with van der Waals surface area (Å²) in [5, 5.41) is 4.27. The summed E-state index contributed by atoms with van der Waals surface area (Å²) in [6.07, 6.45) is 0. The van der Waals surface area contributed by atoms with Crippen molar-refractivity contribution < 1.29 is 0 Å². The van der Waals surface area contributed by atoms with E-state index in [-0.39, 0.29) is 11.2 Å². The topological polar surface area (TPSA) is 46.9 Å². The number of hydrogen-bond acceptors (Lipinski definition) is 3. The van der Waals surface area contributed by atoms with Crippen LogP contribution in [-0.2, 0) is 0 Å². The fourth-order valence-electron chi connectivity index (χ4n) is 2.16. The highest BCUT2D eigenvalue weighted by molar-refractivity contribution is 5.93. The molecule has 0 unspecified atom stereocenters. The van der Waals surface area contributed by atoms with E-state index in [1.807, 2.05) is 38.1 Å². The minimum Gasteiger partial charge on any atom is -0.360 e. The summed E-state index contributed by atoms with van der Waals surface area (Å²) in [7, 11) is 0. The van der Waals surface area contributed by atoms with Crippen LogP contribution in [0, 0.1) is 0 Å². The summed E-state index contributed by atoms with van der Waals surface area (Å²) in [5.74, 6) is 0.788. The third-order valence-corrected chi connectivity index (χ3v) is 3.21. The first-order chi connectivity index (χ1) is 8.00. The van der Waals surface area contributed by atoms with Crippen molar-refractivity contribution in [3.05, 3.63) is 41.3 Å². The predicted molar refractivity (Wildman–Crippen MR) is 69.0 cm³/mol. The van der Waals surface area contributed by atoms with Crippen molar-refractivity contribution in [2.45, 2.75) is 19.4 Å². The lowest BCUT2D eigenvalue weighted by atomic mass is 10.0. The van der Waals surface area contributed by atoms with Gasteiger partial charge in [-0.1, -0.05) is 18.7 Å². The van der Waals surface area contributed by atoms with Gasteiger partial charge in [-0.2, -0.15) is 4.98 Å². The Morgan fingerprint density at radius 2 is 2.06 bits per heavy atom. The predicted octanol–water partition coefficient (Wildman–Crippen LogP) is 2.07. The van der Waals surface area contributed by atoms with Crippen LogP contribution < -0.4 is 11.0 Å². The number of aromatic nitrogens is 2. The third-order valence-electron chi connectivity index (χ3n) is 3.21. The molecule has 2 aromatic rings. The maximum absolute atomic E-state index is 12.0. The number of nitrogens with one attached hydrogen (secondary N) is 1. The highest BCUT2D eigenvalue weighted by Crippen LogP contribution is 2.35. The molecule has 0 atom stereocenters. The Bertz CT molecular complexity index is 697. The SMILES string of the molecule is C=C1n2c(c3ccccc3nc2=O)NC1(C)C. The molecule has 1 aliphatic heterocycles. The first-order valence-corrected chi connectivity index (χ1v) is 5.50. The van der Waals surface area contributed by atoms with E-state index in [1.54, 1.807) is 4.57 Å². The van der Waals surface area contributed by atoms with E-state index in [1.165, 1.54) is 0 Å². The van der Waals surface area contributed by atoms with E-state index in [0.29, 0.717) is 5.52 Å². The molecule has 86 valence electrons. The van der Waals surface area contributed by atoms with Crippen molar-refractivity contribution in [1.29, 1.82) is 0 Å². The highest BCUT2D eigenvalue weighted by Gasteiger charge is 2.34. The van der Waals surface area contributed by atoms with E-state index in [0.717, 1.165) is 16.9 Å². The van der Waals surface area contributed by atoms with Crippen LogP contribution in [0.3, 0.4) is 0 Å². The Kier molecular flexibility index (Phi) is 1.76. The van der Waals surface area contributed by atoms with Crippen LogP contribution in [0.15, 0.2) is 35.6 Å². The van der Waals surface area contributed by atoms with Crippen molar-refractivity contribution in [3.63, 3.8) is 0 Å². The van der Waals surface area contributed by atoms with Crippen LogP contribution in [-0.4, -0.2) is 15.1 Å². The molecule has 0 saturated carbocycles. The molecule has 0 saturated heterocycles. The lowest BCUT2D eigenvalue weighted by molar-refractivity contribution is 0.739. The normalized spacial score (nSPS) is 16.9. The van der Waals surface area contributed by atoms with Gasteiger partial charge in [0.2, 0.25) is 0 Å². The molecule has 2 heterocycles. The summed E-state index contributed by atoms with van der Waals surface area (Å²) in [4.78, 5) is 16.0. The van der Waals surface area contributed by atoms with Gasteiger partial charge in [-0.15, -0.1) is 0 Å². The molecule has 17 heavy (non-hydrogen) atoms. The zero-order valence-electron chi connectivity index (χ0n) is 9.82. The molecule has 4 heteroatoms. The molecular weight excluding hydrogens is 214 g/mol. The van der Waals surface area contributed by atoms with E-state index >= 15 is 0 Å². The van der Waals surface area contributed by atoms with Gasteiger partial charge in [0.1, 0.15) is 5.82 Å². The summed E-state index contributed by atoms with van der Waals surface area (Å²) in [6, 6.07) is 7.61. The Labute approximate surface area is 98.6 Å². The maximum atomic E-state index is 12.0. The fourth-order valence-corrected chi connectivity index (χ4v) is 2.16. The molecule has 4 nitrogen and oxygen atoms in total. The summed E-state index contributed by atoms with van der Waals surface area (Å²) in [5.41, 5.74) is 0.845. The second-order valence-electron chi connectivity index (χ2n) is 4.79. The van der Waals surface area contributed by atoms with Crippen LogP contribution in [0.1, 0.15) is 13.8 Å². The summed E-state index contributed by atoms with van der Waals surface area (Å²) >= 11 is 0. The van der Waals surface area contributed by atoms with Crippen molar-refractivity contribution in [3.8, 4) is 0 Å². The van der Waals surface area contributed by atoms with Crippen molar-refractivity contribution in [1.82, 2.24) is 9.55 Å². The van der Waals surface area contributed by atoms with Crippen molar-refractivity contribution in [2.75, 3.05) is 5.32 Å². The van der Waals surface area contributed by atoms with Gasteiger partial charge in [-0.25, -0.2) is 9.36 Å². The molecule has 0 spiro atoms. The number of fused-ring (bicyclic) bond motifs is 3. The average Bonchev–Trinajstić information content (AvgIpc) is 2.51. The van der Waals surface area contributed by atoms with Crippen LogP contribution in [0.25, 0.3) is 16.6 Å². The molecule has 0 bridgehead atoms. The van der Waals surface area contributed by atoms with Crippen LogP contribution in [0.5, 0.6) is 0 Å². The highest BCUT2D eigenvalue weighted by atomic mass is 16.1. The molecule has 0 aliphatic carbocycles. The molecule has 1 aromatic heterocycles. The summed E-state index contributed by atoms with van der Waals surface area (Å²) < 4.78 is 1.56. The quantitative estimate of drug-likeness (QED) is 0.749. The maximum Gasteiger partial charge on any atom is 0.354 e. The summed E-state index contributed by atoms with van der Waals surface area (Å²) in [6.45, 7) is 7.97. The Hall–Kier alpha value is -2.10. The number of hydrogen-bond donors (Lipinski definition) is 1. The molecule has 1 aliphatic rings. The molecule has 1 N–H and O–H groups in total. The van der Waals surface area contributed by atoms with E-state index in [2.05, 4.69) is 16.9 Å². The number of rotatable bonds is 0. The van der Waals surface area contributed by atoms with Crippen LogP contribution in [0.2, 0.25) is 0 Å². The van der Waals surface area contributed by atoms with Gasteiger partial charge in [-0.05, 0) is 26.0 Å². The smallest absolute Gasteiger partial charge is 0.354 e. The number of benzene rings is 1. The first kappa shape index (κ1) is 10.1.